The highest BCUT2D eigenvalue weighted by Crippen LogP contribution is 2.31. The molecule has 0 bridgehead atoms. The second-order valence-electron chi connectivity index (χ2n) is 8.42. The summed E-state index contributed by atoms with van der Waals surface area (Å²) in [5.41, 5.74) is 15.9. The Balaban J connectivity index is 0.000000158. The Morgan fingerprint density at radius 3 is 1.53 bits per heavy atom. The van der Waals surface area contributed by atoms with Crippen LogP contribution in [0.5, 0.6) is 0 Å². The molecule has 0 saturated carbocycles. The van der Waals surface area contributed by atoms with Gasteiger partial charge in [0.2, 0.25) is 0 Å². The lowest BCUT2D eigenvalue weighted by atomic mass is 10.1. The summed E-state index contributed by atoms with van der Waals surface area (Å²) in [5, 5.41) is 23.0. The number of furan rings is 2. The predicted molar refractivity (Wildman–Crippen MR) is 145 cm³/mol. The molecule has 10 heteroatoms. The molecule has 0 spiro atoms. The van der Waals surface area contributed by atoms with Gasteiger partial charge in [0, 0.05) is 57.5 Å². The van der Waals surface area contributed by atoms with E-state index in [1.54, 1.807) is 18.2 Å². The lowest BCUT2D eigenvalue weighted by Crippen LogP contribution is -1.86. The first kappa shape index (κ1) is 24.1. The van der Waals surface area contributed by atoms with E-state index in [-0.39, 0.29) is 11.4 Å². The summed E-state index contributed by atoms with van der Waals surface area (Å²) < 4.78 is 11.3. The minimum Gasteiger partial charge on any atom is -0.456 e. The van der Waals surface area contributed by atoms with Gasteiger partial charge in [0.15, 0.2) is 0 Å². The summed E-state index contributed by atoms with van der Waals surface area (Å²) in [6.07, 6.45) is 0. The van der Waals surface area contributed by atoms with Crippen molar-refractivity contribution in [3.8, 4) is 22.6 Å². The highest BCUT2D eigenvalue weighted by atomic mass is 16.6. The molecule has 0 saturated heterocycles. The van der Waals surface area contributed by atoms with E-state index in [4.69, 9.17) is 20.3 Å². The Labute approximate surface area is 215 Å². The Morgan fingerprint density at radius 2 is 0.974 bits per heavy atom. The van der Waals surface area contributed by atoms with Crippen LogP contribution in [-0.4, -0.2) is 9.85 Å². The van der Waals surface area contributed by atoms with Crippen molar-refractivity contribution < 1.29 is 18.7 Å². The number of nitrogen functional groups attached to an aromatic ring is 2. The van der Waals surface area contributed by atoms with Crippen LogP contribution in [0, 0.1) is 20.2 Å². The molecule has 6 rings (SSSR count). The SMILES string of the molecule is Nc1ccc(-c2cc3cc(N)ccc3o2)cc1.O=[N+]([O-])c1ccc(-c2cc3cc([N+](=O)[O-])ccc3o2)cc1. The second kappa shape index (κ2) is 9.78. The fourth-order valence-electron chi connectivity index (χ4n) is 3.89. The number of fused-ring (bicyclic) bond motifs is 2. The molecule has 0 amide bonds. The summed E-state index contributed by atoms with van der Waals surface area (Å²) in [7, 11) is 0. The van der Waals surface area contributed by atoms with E-state index in [0.29, 0.717) is 22.3 Å². The van der Waals surface area contributed by atoms with Crippen molar-refractivity contribution in [2.75, 3.05) is 11.5 Å². The lowest BCUT2D eigenvalue weighted by molar-refractivity contribution is -0.385. The third-order valence-corrected chi connectivity index (χ3v) is 5.81. The maximum atomic E-state index is 10.7. The minimum atomic E-state index is -0.480. The smallest absolute Gasteiger partial charge is 0.270 e. The van der Waals surface area contributed by atoms with Gasteiger partial charge < -0.3 is 20.3 Å². The van der Waals surface area contributed by atoms with Gasteiger partial charge in [-0.2, -0.15) is 0 Å². The molecule has 4 aromatic carbocycles. The van der Waals surface area contributed by atoms with Crippen LogP contribution in [-0.2, 0) is 0 Å². The van der Waals surface area contributed by atoms with Crippen LogP contribution in [0.25, 0.3) is 44.6 Å². The Kier molecular flexibility index (Phi) is 6.20. The zero-order chi connectivity index (χ0) is 26.8. The van der Waals surface area contributed by atoms with Crippen LogP contribution >= 0.6 is 0 Å². The van der Waals surface area contributed by atoms with Crippen LogP contribution in [0.3, 0.4) is 0 Å². The average Bonchev–Trinajstić information content (AvgIpc) is 3.53. The maximum Gasteiger partial charge on any atom is 0.270 e. The number of nitrogens with two attached hydrogens (primary N) is 2. The van der Waals surface area contributed by atoms with Crippen LogP contribution in [0.4, 0.5) is 22.7 Å². The molecule has 4 N–H and O–H groups in total. The van der Waals surface area contributed by atoms with Gasteiger partial charge in [-0.25, -0.2) is 0 Å². The molecule has 0 radical (unpaired) electrons. The van der Waals surface area contributed by atoms with Crippen molar-refractivity contribution in [3.63, 3.8) is 0 Å². The molecule has 2 heterocycles. The molecule has 188 valence electrons. The monoisotopic (exact) mass is 508 g/mol. The summed E-state index contributed by atoms with van der Waals surface area (Å²) in [6, 6.07) is 27.1. The number of nitro benzene ring substituents is 2. The quantitative estimate of drug-likeness (QED) is 0.143. The summed E-state index contributed by atoms with van der Waals surface area (Å²) in [4.78, 5) is 20.4. The lowest BCUT2D eigenvalue weighted by Gasteiger charge is -1.96. The summed E-state index contributed by atoms with van der Waals surface area (Å²) in [5.74, 6) is 1.32. The number of hydrogen-bond acceptors (Lipinski definition) is 8. The largest absolute Gasteiger partial charge is 0.456 e. The fourth-order valence-corrected chi connectivity index (χ4v) is 3.89. The van der Waals surface area contributed by atoms with Crippen LogP contribution in [0.1, 0.15) is 0 Å². The topological polar surface area (TPSA) is 165 Å². The molecule has 0 aliphatic carbocycles. The number of nitrogens with zero attached hydrogens (tertiary/aromatic N) is 2. The van der Waals surface area contributed by atoms with Gasteiger partial charge in [-0.15, -0.1) is 0 Å². The Bertz CT molecular complexity index is 1790. The van der Waals surface area contributed by atoms with Gasteiger partial charge >= 0.3 is 0 Å². The molecule has 6 aromatic rings. The van der Waals surface area contributed by atoms with Crippen molar-refractivity contribution in [2.45, 2.75) is 0 Å². The first-order valence-corrected chi connectivity index (χ1v) is 11.3. The van der Waals surface area contributed by atoms with Crippen molar-refractivity contribution >= 4 is 44.7 Å². The number of hydrogen-bond donors (Lipinski definition) is 2. The van der Waals surface area contributed by atoms with Crippen molar-refractivity contribution in [2.24, 2.45) is 0 Å². The highest BCUT2D eigenvalue weighted by Gasteiger charge is 2.12. The fraction of sp³-hybridized carbons (Fsp3) is 0. The predicted octanol–water partition coefficient (Wildman–Crippen LogP) is 7.18. The van der Waals surface area contributed by atoms with Gasteiger partial charge in [0.25, 0.3) is 11.4 Å². The molecule has 0 aliphatic heterocycles. The van der Waals surface area contributed by atoms with E-state index in [1.807, 2.05) is 48.5 Å². The van der Waals surface area contributed by atoms with E-state index >= 15 is 0 Å². The first-order chi connectivity index (χ1) is 18.3. The van der Waals surface area contributed by atoms with Gasteiger partial charge in [0.1, 0.15) is 22.7 Å². The van der Waals surface area contributed by atoms with E-state index in [0.717, 1.165) is 33.7 Å². The van der Waals surface area contributed by atoms with Crippen LogP contribution < -0.4 is 11.5 Å². The van der Waals surface area contributed by atoms with Crippen LogP contribution in [0.2, 0.25) is 0 Å². The molecule has 0 atom stereocenters. The van der Waals surface area contributed by atoms with Crippen molar-refractivity contribution in [3.05, 3.63) is 117 Å². The van der Waals surface area contributed by atoms with Crippen LogP contribution in [0.15, 0.2) is 106 Å². The molecular weight excluding hydrogens is 488 g/mol. The average molecular weight is 508 g/mol. The van der Waals surface area contributed by atoms with E-state index in [2.05, 4.69) is 0 Å². The van der Waals surface area contributed by atoms with Crippen molar-refractivity contribution in [1.29, 1.82) is 0 Å². The standard InChI is InChI=1S/C14H8N2O5.C14H12N2O/c17-15(18)11-3-1-9(2-4-11)14-8-10-7-12(16(19)20)5-6-13(10)21-14;15-11-3-1-9(2-4-11)14-8-10-7-12(16)5-6-13(10)17-14/h1-8H;1-8H,15-16H2. The number of anilines is 2. The minimum absolute atomic E-state index is 0.00880. The number of benzene rings is 4. The molecule has 10 nitrogen and oxygen atoms in total. The molecular formula is C28H20N4O6. The normalized spacial score (nSPS) is 10.7. The zero-order valence-electron chi connectivity index (χ0n) is 19.7. The number of rotatable bonds is 4. The highest BCUT2D eigenvalue weighted by molar-refractivity contribution is 5.86. The van der Waals surface area contributed by atoms with Gasteiger partial charge in [-0.1, -0.05) is 0 Å². The van der Waals surface area contributed by atoms with Gasteiger partial charge in [0.05, 0.1) is 9.85 Å². The summed E-state index contributed by atoms with van der Waals surface area (Å²) >= 11 is 0. The molecule has 38 heavy (non-hydrogen) atoms. The molecule has 0 unspecified atom stereocenters. The number of nitro groups is 2. The third kappa shape index (κ3) is 5.00. The maximum absolute atomic E-state index is 10.7. The van der Waals surface area contributed by atoms with E-state index in [1.165, 1.54) is 30.3 Å². The zero-order valence-corrected chi connectivity index (χ0v) is 19.7. The third-order valence-electron chi connectivity index (χ3n) is 5.81. The van der Waals surface area contributed by atoms with E-state index in [9.17, 15) is 20.2 Å². The van der Waals surface area contributed by atoms with E-state index < -0.39 is 9.85 Å². The Hall–Kier alpha value is -5.64. The number of non-ortho nitro benzene ring substituents is 2. The molecule has 2 aromatic heterocycles. The first-order valence-electron chi connectivity index (χ1n) is 11.3. The molecule has 0 aliphatic rings. The summed E-state index contributed by atoms with van der Waals surface area (Å²) in [6.45, 7) is 0. The second-order valence-corrected chi connectivity index (χ2v) is 8.42. The van der Waals surface area contributed by atoms with Gasteiger partial charge in [-0.3, -0.25) is 20.2 Å². The molecule has 0 fully saturated rings. The van der Waals surface area contributed by atoms with Crippen molar-refractivity contribution in [1.82, 2.24) is 0 Å². The Morgan fingerprint density at radius 1 is 0.526 bits per heavy atom. The van der Waals surface area contributed by atoms with Gasteiger partial charge in [-0.05, 0) is 72.8 Å².